The molecule has 0 saturated carbocycles. The van der Waals surface area contributed by atoms with Crippen LogP contribution in [0, 0.1) is 0 Å². The number of thiophene rings is 1. The van der Waals surface area contributed by atoms with Crippen LogP contribution < -0.4 is 10.1 Å². The van der Waals surface area contributed by atoms with Crippen molar-refractivity contribution in [2.75, 3.05) is 12.4 Å². The number of benzene rings is 1. The van der Waals surface area contributed by atoms with E-state index in [9.17, 15) is 9.59 Å². The number of aryl methyl sites for hydroxylation is 1. The van der Waals surface area contributed by atoms with Crippen LogP contribution in [0.2, 0.25) is 0 Å². The van der Waals surface area contributed by atoms with E-state index in [1.807, 2.05) is 31.2 Å². The molecule has 0 radical (unpaired) electrons. The topological polar surface area (TPSA) is 64.6 Å². The molecule has 1 aliphatic carbocycles. The first-order valence-corrected chi connectivity index (χ1v) is 11.1. The number of rotatable bonds is 8. The van der Waals surface area contributed by atoms with Crippen molar-refractivity contribution in [1.82, 2.24) is 0 Å². The molecule has 2 unspecified atom stereocenters. The highest BCUT2D eigenvalue weighted by atomic mass is 32.1. The fraction of sp³-hybridized carbons (Fsp3) is 0.478. The first-order valence-electron chi connectivity index (χ1n) is 10.3. The van der Waals surface area contributed by atoms with Crippen LogP contribution in [0.15, 0.2) is 24.3 Å². The predicted octanol–water partition coefficient (Wildman–Crippen LogP) is 5.33. The van der Waals surface area contributed by atoms with E-state index in [1.54, 1.807) is 0 Å². The number of carbonyl (C=O) groups is 2. The Morgan fingerprint density at radius 1 is 1.17 bits per heavy atom. The minimum Gasteiger partial charge on any atom is -0.480 e. The van der Waals surface area contributed by atoms with Crippen molar-refractivity contribution < 1.29 is 19.1 Å². The van der Waals surface area contributed by atoms with Crippen molar-refractivity contribution in [3.05, 3.63) is 45.8 Å². The summed E-state index contributed by atoms with van der Waals surface area (Å²) in [6.07, 6.45) is 3.71. The highest BCUT2D eigenvalue weighted by Gasteiger charge is 2.30. The lowest BCUT2D eigenvalue weighted by atomic mass is 9.98. The monoisotopic (exact) mass is 415 g/mol. The Hall–Kier alpha value is -2.34. The van der Waals surface area contributed by atoms with E-state index in [-0.39, 0.29) is 5.91 Å². The Labute approximate surface area is 176 Å². The highest BCUT2D eigenvalue weighted by molar-refractivity contribution is 7.17. The molecule has 3 rings (SSSR count). The van der Waals surface area contributed by atoms with Gasteiger partial charge in [-0.3, -0.25) is 4.79 Å². The Morgan fingerprint density at radius 3 is 2.62 bits per heavy atom. The summed E-state index contributed by atoms with van der Waals surface area (Å²) in [4.78, 5) is 26.5. The lowest BCUT2D eigenvalue weighted by Crippen LogP contribution is -2.33. The van der Waals surface area contributed by atoms with Crippen molar-refractivity contribution in [3.63, 3.8) is 0 Å². The third-order valence-corrected chi connectivity index (χ3v) is 6.75. The maximum atomic E-state index is 13.0. The molecule has 156 valence electrons. The van der Waals surface area contributed by atoms with Gasteiger partial charge in [0.2, 0.25) is 0 Å². The Bertz CT molecular complexity index is 889. The third kappa shape index (κ3) is 4.47. The molecule has 1 aromatic carbocycles. The van der Waals surface area contributed by atoms with E-state index in [0.29, 0.717) is 22.9 Å². The summed E-state index contributed by atoms with van der Waals surface area (Å²) in [5, 5.41) is 3.52. The summed E-state index contributed by atoms with van der Waals surface area (Å²) in [6.45, 7) is 6.21. The zero-order valence-corrected chi connectivity index (χ0v) is 18.4. The number of carbonyl (C=O) groups excluding carboxylic acids is 2. The van der Waals surface area contributed by atoms with Crippen molar-refractivity contribution in [1.29, 1.82) is 0 Å². The first kappa shape index (κ1) is 21.4. The molecule has 1 aliphatic rings. The van der Waals surface area contributed by atoms with Crippen molar-refractivity contribution >= 4 is 28.2 Å². The number of amides is 1. The zero-order valence-electron chi connectivity index (χ0n) is 17.5. The number of para-hydroxylation sites is 1. The number of hydrogen-bond acceptors (Lipinski definition) is 5. The molecule has 29 heavy (non-hydrogen) atoms. The Morgan fingerprint density at radius 2 is 1.93 bits per heavy atom. The normalized spacial score (nSPS) is 14.8. The molecule has 2 atom stereocenters. The van der Waals surface area contributed by atoms with Gasteiger partial charge in [-0.1, -0.05) is 39.0 Å². The molecule has 0 fully saturated rings. The molecule has 1 aromatic heterocycles. The lowest BCUT2D eigenvalue weighted by Gasteiger charge is -2.21. The maximum Gasteiger partial charge on any atom is 0.341 e. The number of methoxy groups -OCH3 is 1. The number of hydrogen-bond donors (Lipinski definition) is 1. The molecule has 1 N–H and O–H groups in total. The lowest BCUT2D eigenvalue weighted by molar-refractivity contribution is -0.122. The summed E-state index contributed by atoms with van der Waals surface area (Å²) in [7, 11) is 1.37. The van der Waals surface area contributed by atoms with E-state index in [4.69, 9.17) is 9.47 Å². The molecule has 2 aromatic rings. The SMILES string of the molecule is CCC(Oc1ccccc1C(C)CC)C(=O)Nc1sc2c(c1C(=O)OC)CCC2. The van der Waals surface area contributed by atoms with Gasteiger partial charge in [0, 0.05) is 4.88 Å². The first-order chi connectivity index (χ1) is 14.0. The molecule has 6 heteroatoms. The van der Waals surface area contributed by atoms with Crippen molar-refractivity contribution in [2.24, 2.45) is 0 Å². The van der Waals surface area contributed by atoms with Gasteiger partial charge >= 0.3 is 5.97 Å². The summed E-state index contributed by atoms with van der Waals surface area (Å²) in [5.74, 6) is 0.455. The van der Waals surface area contributed by atoms with E-state index in [0.717, 1.165) is 47.4 Å². The van der Waals surface area contributed by atoms with Crippen molar-refractivity contribution in [3.8, 4) is 5.75 Å². The molecule has 5 nitrogen and oxygen atoms in total. The number of fused-ring (bicyclic) bond motifs is 1. The molecule has 0 bridgehead atoms. The number of anilines is 1. The fourth-order valence-corrected chi connectivity index (χ4v) is 4.97. The third-order valence-electron chi connectivity index (χ3n) is 5.54. The van der Waals surface area contributed by atoms with Crippen LogP contribution in [0.3, 0.4) is 0 Å². The second-order valence-corrected chi connectivity index (χ2v) is 8.51. The molecule has 0 saturated heterocycles. The van der Waals surface area contributed by atoms with Gasteiger partial charge in [0.15, 0.2) is 6.10 Å². The van der Waals surface area contributed by atoms with Crippen LogP contribution in [0.1, 0.15) is 72.3 Å². The van der Waals surface area contributed by atoms with Gasteiger partial charge in [-0.15, -0.1) is 11.3 Å². The predicted molar refractivity (Wildman–Crippen MR) is 116 cm³/mol. The maximum absolute atomic E-state index is 13.0. The molecule has 0 aliphatic heterocycles. The molecule has 1 heterocycles. The zero-order chi connectivity index (χ0) is 21.0. The number of ether oxygens (including phenoxy) is 2. The van der Waals surface area contributed by atoms with Crippen LogP contribution in [-0.4, -0.2) is 25.1 Å². The average molecular weight is 416 g/mol. The highest BCUT2D eigenvalue weighted by Crippen LogP contribution is 2.39. The summed E-state index contributed by atoms with van der Waals surface area (Å²) in [5.41, 5.74) is 2.63. The molecular formula is C23H29NO4S. The van der Waals surface area contributed by atoms with Gasteiger partial charge in [-0.25, -0.2) is 4.79 Å². The number of esters is 1. The Balaban J connectivity index is 1.81. The van der Waals surface area contributed by atoms with Crippen LogP contribution >= 0.6 is 11.3 Å². The summed E-state index contributed by atoms with van der Waals surface area (Å²) >= 11 is 1.48. The van der Waals surface area contributed by atoms with E-state index >= 15 is 0 Å². The number of nitrogens with one attached hydrogen (secondary N) is 1. The Kier molecular flexibility index (Phi) is 6.96. The van der Waals surface area contributed by atoms with Gasteiger partial charge in [0.1, 0.15) is 10.8 Å². The quantitative estimate of drug-likeness (QED) is 0.592. The van der Waals surface area contributed by atoms with Crippen LogP contribution in [-0.2, 0) is 22.4 Å². The second kappa shape index (κ2) is 9.44. The van der Waals surface area contributed by atoms with Gasteiger partial charge in [0.25, 0.3) is 5.91 Å². The van der Waals surface area contributed by atoms with Gasteiger partial charge in [-0.05, 0) is 55.2 Å². The van der Waals surface area contributed by atoms with Crippen LogP contribution in [0.25, 0.3) is 0 Å². The van der Waals surface area contributed by atoms with Crippen LogP contribution in [0.4, 0.5) is 5.00 Å². The summed E-state index contributed by atoms with van der Waals surface area (Å²) in [6, 6.07) is 7.88. The van der Waals surface area contributed by atoms with Crippen LogP contribution in [0.5, 0.6) is 5.75 Å². The largest absolute Gasteiger partial charge is 0.480 e. The van der Waals surface area contributed by atoms with Gasteiger partial charge in [0.05, 0.1) is 12.7 Å². The summed E-state index contributed by atoms with van der Waals surface area (Å²) < 4.78 is 11.1. The standard InChI is InChI=1S/C23H29NO4S/c1-5-14(3)15-10-7-8-12-18(15)28-17(6-2)21(25)24-22-20(23(26)27-4)16-11-9-13-19(16)29-22/h7-8,10,12,14,17H,5-6,9,11,13H2,1-4H3,(H,24,25). The average Bonchev–Trinajstić information content (AvgIpc) is 3.31. The van der Waals surface area contributed by atoms with Crippen molar-refractivity contribution in [2.45, 2.75) is 64.9 Å². The fourth-order valence-electron chi connectivity index (χ4n) is 3.69. The smallest absolute Gasteiger partial charge is 0.341 e. The molecular weight excluding hydrogens is 386 g/mol. The van der Waals surface area contributed by atoms with E-state index in [2.05, 4.69) is 19.2 Å². The minimum absolute atomic E-state index is 0.239. The van der Waals surface area contributed by atoms with E-state index in [1.165, 1.54) is 18.4 Å². The second-order valence-electron chi connectivity index (χ2n) is 7.40. The van der Waals surface area contributed by atoms with Gasteiger partial charge < -0.3 is 14.8 Å². The van der Waals surface area contributed by atoms with Gasteiger partial charge in [-0.2, -0.15) is 0 Å². The minimum atomic E-state index is -0.636. The molecule has 0 spiro atoms. The van der Waals surface area contributed by atoms with E-state index < -0.39 is 12.1 Å². The molecule has 1 amide bonds.